The molecule has 1 aliphatic rings. The van der Waals surface area contributed by atoms with Crippen molar-refractivity contribution in [1.29, 1.82) is 0 Å². The van der Waals surface area contributed by atoms with Crippen LogP contribution in [0.4, 0.5) is 0 Å². The van der Waals surface area contributed by atoms with Crippen LogP contribution in [-0.2, 0) is 9.53 Å². The number of β-amino-alcohol motifs (C(OH)–C–C–N with tert-alkyl or cyclic N) is 1. The summed E-state index contributed by atoms with van der Waals surface area (Å²) in [6, 6.07) is -0.163. The Bertz CT molecular complexity index is 236. The number of rotatable bonds is 5. The van der Waals surface area contributed by atoms with E-state index in [0.717, 1.165) is 39.1 Å². The lowest BCUT2D eigenvalue weighted by molar-refractivity contribution is -0.148. The number of carbonyl (C=O) groups excluding carboxylic acids is 1. The van der Waals surface area contributed by atoms with Crippen LogP contribution in [0.3, 0.4) is 0 Å². The van der Waals surface area contributed by atoms with Crippen LogP contribution < -0.4 is 0 Å². The van der Waals surface area contributed by atoms with Crippen LogP contribution in [-0.4, -0.2) is 72.9 Å². The van der Waals surface area contributed by atoms with Gasteiger partial charge in [0, 0.05) is 26.2 Å². The highest BCUT2D eigenvalue weighted by molar-refractivity contribution is 5.75. The van der Waals surface area contributed by atoms with Gasteiger partial charge in [0.1, 0.15) is 6.04 Å². The average Bonchev–Trinajstić information content (AvgIpc) is 2.54. The smallest absolute Gasteiger partial charge is 0.323 e. The van der Waals surface area contributed by atoms with Crippen molar-refractivity contribution in [2.75, 3.05) is 45.9 Å². The Morgan fingerprint density at radius 1 is 1.35 bits per heavy atom. The highest BCUT2D eigenvalue weighted by Gasteiger charge is 2.24. The van der Waals surface area contributed by atoms with E-state index in [1.807, 2.05) is 13.8 Å². The summed E-state index contributed by atoms with van der Waals surface area (Å²) >= 11 is 0. The van der Waals surface area contributed by atoms with Crippen LogP contribution in [0.15, 0.2) is 0 Å². The fraction of sp³-hybridized carbons (Fsp3) is 0.917. The minimum Gasteiger partial charge on any atom is -0.465 e. The molecule has 5 heteroatoms. The first-order valence-corrected chi connectivity index (χ1v) is 6.43. The lowest BCUT2D eigenvalue weighted by Crippen LogP contribution is -2.42. The van der Waals surface area contributed by atoms with Crippen LogP contribution in [0, 0.1) is 0 Å². The maximum absolute atomic E-state index is 11.6. The lowest BCUT2D eigenvalue weighted by atomic mass is 10.2. The second kappa shape index (κ2) is 7.63. The number of carbonyl (C=O) groups is 1. The van der Waals surface area contributed by atoms with E-state index in [1.54, 1.807) is 0 Å². The average molecular weight is 244 g/mol. The number of aliphatic hydroxyl groups excluding tert-OH is 1. The van der Waals surface area contributed by atoms with Crippen LogP contribution in [0.2, 0.25) is 0 Å². The molecule has 0 aromatic heterocycles. The van der Waals surface area contributed by atoms with Crippen molar-refractivity contribution in [3.05, 3.63) is 0 Å². The molecule has 1 heterocycles. The first-order chi connectivity index (χ1) is 8.19. The van der Waals surface area contributed by atoms with Gasteiger partial charge in [-0.15, -0.1) is 0 Å². The van der Waals surface area contributed by atoms with E-state index in [-0.39, 0.29) is 18.6 Å². The largest absolute Gasteiger partial charge is 0.465 e. The van der Waals surface area contributed by atoms with Crippen molar-refractivity contribution in [2.24, 2.45) is 0 Å². The SMILES string of the molecule is CCOC(=O)C(C)N1CCCN(CCO)CC1. The maximum atomic E-state index is 11.6. The van der Waals surface area contributed by atoms with Crippen molar-refractivity contribution in [3.63, 3.8) is 0 Å². The third-order valence-electron chi connectivity index (χ3n) is 3.21. The molecule has 1 atom stereocenters. The van der Waals surface area contributed by atoms with E-state index < -0.39 is 0 Å². The Labute approximate surface area is 103 Å². The number of hydrogen-bond acceptors (Lipinski definition) is 5. The summed E-state index contributed by atoms with van der Waals surface area (Å²) in [6.45, 7) is 8.78. The van der Waals surface area contributed by atoms with E-state index in [1.165, 1.54) is 0 Å². The summed E-state index contributed by atoms with van der Waals surface area (Å²) in [7, 11) is 0. The van der Waals surface area contributed by atoms with E-state index >= 15 is 0 Å². The van der Waals surface area contributed by atoms with Crippen molar-refractivity contribution in [1.82, 2.24) is 9.80 Å². The van der Waals surface area contributed by atoms with Gasteiger partial charge >= 0.3 is 5.97 Å². The molecule has 0 aliphatic carbocycles. The Hall–Kier alpha value is -0.650. The highest BCUT2D eigenvalue weighted by atomic mass is 16.5. The van der Waals surface area contributed by atoms with Gasteiger partial charge in [0.25, 0.3) is 0 Å². The van der Waals surface area contributed by atoms with Gasteiger partial charge in [-0.2, -0.15) is 0 Å². The third kappa shape index (κ3) is 4.61. The van der Waals surface area contributed by atoms with E-state index in [9.17, 15) is 4.79 Å². The monoisotopic (exact) mass is 244 g/mol. The molecule has 1 rings (SSSR count). The van der Waals surface area contributed by atoms with E-state index in [0.29, 0.717) is 6.61 Å². The number of aliphatic hydroxyl groups is 1. The molecule has 17 heavy (non-hydrogen) atoms. The fourth-order valence-corrected chi connectivity index (χ4v) is 2.16. The van der Waals surface area contributed by atoms with Crippen LogP contribution in [0.25, 0.3) is 0 Å². The summed E-state index contributed by atoms with van der Waals surface area (Å²) in [4.78, 5) is 16.0. The lowest BCUT2D eigenvalue weighted by Gasteiger charge is -2.26. The Balaban J connectivity index is 2.42. The zero-order valence-corrected chi connectivity index (χ0v) is 10.9. The van der Waals surface area contributed by atoms with Crippen molar-refractivity contribution in [2.45, 2.75) is 26.3 Å². The first kappa shape index (κ1) is 14.4. The van der Waals surface area contributed by atoms with Crippen LogP contribution in [0.5, 0.6) is 0 Å². The molecule has 1 aliphatic heterocycles. The van der Waals surface area contributed by atoms with Crippen molar-refractivity contribution >= 4 is 5.97 Å². The quantitative estimate of drug-likeness (QED) is 0.687. The first-order valence-electron chi connectivity index (χ1n) is 6.43. The zero-order valence-electron chi connectivity index (χ0n) is 10.9. The number of hydrogen-bond donors (Lipinski definition) is 1. The molecule has 0 aromatic carbocycles. The zero-order chi connectivity index (χ0) is 12.7. The topological polar surface area (TPSA) is 53.0 Å². The second-order valence-corrected chi connectivity index (χ2v) is 4.38. The maximum Gasteiger partial charge on any atom is 0.323 e. The predicted octanol–water partition coefficient (Wildman–Crippen LogP) is -0.0620. The van der Waals surface area contributed by atoms with Gasteiger partial charge in [-0.05, 0) is 26.8 Å². The number of esters is 1. The molecular formula is C12H24N2O3. The molecule has 1 saturated heterocycles. The molecule has 0 radical (unpaired) electrons. The van der Waals surface area contributed by atoms with Gasteiger partial charge in [0.15, 0.2) is 0 Å². The molecule has 0 spiro atoms. The van der Waals surface area contributed by atoms with Gasteiger partial charge in [-0.25, -0.2) is 0 Å². The molecular weight excluding hydrogens is 220 g/mol. The minimum absolute atomic E-state index is 0.136. The third-order valence-corrected chi connectivity index (χ3v) is 3.21. The Kier molecular flexibility index (Phi) is 6.47. The summed E-state index contributed by atoms with van der Waals surface area (Å²) in [5, 5.41) is 8.91. The standard InChI is InChI=1S/C12H24N2O3/c1-3-17-12(16)11(2)14-6-4-5-13(7-8-14)9-10-15/h11,15H,3-10H2,1-2H3. The molecule has 1 N–H and O–H groups in total. The van der Waals surface area contributed by atoms with Crippen molar-refractivity contribution < 1.29 is 14.6 Å². The van der Waals surface area contributed by atoms with Gasteiger partial charge in [0.05, 0.1) is 13.2 Å². The molecule has 0 saturated carbocycles. The molecule has 5 nitrogen and oxygen atoms in total. The molecule has 1 fully saturated rings. The van der Waals surface area contributed by atoms with E-state index in [4.69, 9.17) is 9.84 Å². The summed E-state index contributed by atoms with van der Waals surface area (Å²) in [6.07, 6.45) is 1.03. The highest BCUT2D eigenvalue weighted by Crippen LogP contribution is 2.08. The van der Waals surface area contributed by atoms with Gasteiger partial charge in [0.2, 0.25) is 0 Å². The fourth-order valence-electron chi connectivity index (χ4n) is 2.16. The summed E-state index contributed by atoms with van der Waals surface area (Å²) in [5.41, 5.74) is 0. The molecule has 0 amide bonds. The summed E-state index contributed by atoms with van der Waals surface area (Å²) in [5.74, 6) is -0.136. The van der Waals surface area contributed by atoms with Crippen molar-refractivity contribution in [3.8, 4) is 0 Å². The van der Waals surface area contributed by atoms with Crippen LogP contribution in [0.1, 0.15) is 20.3 Å². The van der Waals surface area contributed by atoms with Gasteiger partial charge < -0.3 is 9.84 Å². The predicted molar refractivity (Wildman–Crippen MR) is 65.8 cm³/mol. The normalized spacial score (nSPS) is 20.9. The van der Waals surface area contributed by atoms with Crippen LogP contribution >= 0.6 is 0 Å². The Morgan fingerprint density at radius 2 is 2.12 bits per heavy atom. The van der Waals surface area contributed by atoms with E-state index in [2.05, 4.69) is 9.80 Å². The number of ether oxygens (including phenoxy) is 1. The van der Waals surface area contributed by atoms with Gasteiger partial charge in [-0.3, -0.25) is 14.6 Å². The minimum atomic E-state index is -0.163. The number of nitrogens with zero attached hydrogens (tertiary/aromatic N) is 2. The molecule has 0 bridgehead atoms. The van der Waals surface area contributed by atoms with Gasteiger partial charge in [-0.1, -0.05) is 0 Å². The second-order valence-electron chi connectivity index (χ2n) is 4.38. The Morgan fingerprint density at radius 3 is 2.76 bits per heavy atom. The summed E-state index contributed by atoms with van der Waals surface area (Å²) < 4.78 is 5.04. The molecule has 1 unspecified atom stereocenters. The molecule has 100 valence electrons. The molecule has 0 aromatic rings.